The fourth-order valence-electron chi connectivity index (χ4n) is 2.32. The minimum absolute atomic E-state index is 0.0619. The van der Waals surface area contributed by atoms with E-state index in [1.54, 1.807) is 6.26 Å². The maximum absolute atomic E-state index is 12.0. The molecule has 1 saturated carbocycles. The first-order valence-electron chi connectivity index (χ1n) is 6.26. The zero-order valence-electron chi connectivity index (χ0n) is 10.2. The average molecular weight is 236 g/mol. The van der Waals surface area contributed by atoms with Crippen molar-refractivity contribution >= 4 is 5.91 Å². The van der Waals surface area contributed by atoms with Crippen molar-refractivity contribution in [3.63, 3.8) is 0 Å². The minimum atomic E-state index is -0.0619. The molecule has 4 heteroatoms. The number of furan rings is 1. The second-order valence-corrected chi connectivity index (χ2v) is 4.86. The fraction of sp³-hybridized carbons (Fsp3) is 0.615. The predicted molar refractivity (Wildman–Crippen MR) is 65.2 cm³/mol. The molecule has 2 rings (SSSR count). The maximum atomic E-state index is 12.0. The molecule has 1 aliphatic carbocycles. The summed E-state index contributed by atoms with van der Waals surface area (Å²) in [6.45, 7) is 1.94. The molecular weight excluding hydrogens is 216 g/mol. The minimum Gasteiger partial charge on any atom is -0.467 e. The molecule has 17 heavy (non-hydrogen) atoms. The molecule has 0 aromatic carbocycles. The van der Waals surface area contributed by atoms with Crippen LogP contribution in [0.5, 0.6) is 0 Å². The quantitative estimate of drug-likeness (QED) is 0.843. The van der Waals surface area contributed by atoms with E-state index in [4.69, 9.17) is 10.2 Å². The van der Waals surface area contributed by atoms with E-state index in [1.165, 1.54) is 0 Å². The second-order valence-electron chi connectivity index (χ2n) is 4.86. The van der Waals surface area contributed by atoms with Crippen molar-refractivity contribution in [3.05, 3.63) is 24.2 Å². The Kier molecular flexibility index (Phi) is 3.84. The molecule has 0 aliphatic heterocycles. The van der Waals surface area contributed by atoms with Crippen LogP contribution in [0.2, 0.25) is 0 Å². The number of carbonyl (C=O) groups excluding carboxylic acids is 1. The van der Waals surface area contributed by atoms with Crippen molar-refractivity contribution in [2.75, 3.05) is 0 Å². The lowest BCUT2D eigenvalue weighted by Crippen LogP contribution is -2.37. The molecule has 1 aromatic rings. The van der Waals surface area contributed by atoms with Gasteiger partial charge in [0.15, 0.2) is 0 Å². The molecule has 0 saturated heterocycles. The Morgan fingerprint density at radius 2 is 2.18 bits per heavy atom. The lowest BCUT2D eigenvalue weighted by Gasteiger charge is -2.26. The molecule has 3 N–H and O–H groups in total. The van der Waals surface area contributed by atoms with Gasteiger partial charge in [0, 0.05) is 12.0 Å². The highest BCUT2D eigenvalue weighted by Gasteiger charge is 2.25. The van der Waals surface area contributed by atoms with Gasteiger partial charge in [0.25, 0.3) is 0 Å². The Morgan fingerprint density at radius 1 is 1.47 bits per heavy atom. The third-order valence-electron chi connectivity index (χ3n) is 3.47. The van der Waals surface area contributed by atoms with Crippen molar-refractivity contribution in [2.24, 2.45) is 11.7 Å². The zero-order chi connectivity index (χ0) is 12.3. The second kappa shape index (κ2) is 5.36. The van der Waals surface area contributed by atoms with Crippen LogP contribution in [0.25, 0.3) is 0 Å². The maximum Gasteiger partial charge on any atom is 0.223 e. The van der Waals surface area contributed by atoms with Gasteiger partial charge in [-0.1, -0.05) is 0 Å². The van der Waals surface area contributed by atoms with Crippen LogP contribution in [0.1, 0.15) is 44.4 Å². The van der Waals surface area contributed by atoms with Crippen LogP contribution in [0, 0.1) is 5.92 Å². The number of nitrogens with two attached hydrogens (primary N) is 1. The smallest absolute Gasteiger partial charge is 0.223 e. The Labute approximate surface area is 102 Å². The molecular formula is C13H20N2O2. The van der Waals surface area contributed by atoms with Gasteiger partial charge in [-0.2, -0.15) is 0 Å². The van der Waals surface area contributed by atoms with Crippen LogP contribution < -0.4 is 11.1 Å². The van der Waals surface area contributed by atoms with Crippen LogP contribution >= 0.6 is 0 Å². The summed E-state index contributed by atoms with van der Waals surface area (Å²) in [6, 6.07) is 3.92. The Hall–Kier alpha value is -1.29. The van der Waals surface area contributed by atoms with Crippen molar-refractivity contribution < 1.29 is 9.21 Å². The first-order chi connectivity index (χ1) is 8.16. The lowest BCUT2D eigenvalue weighted by molar-refractivity contribution is -0.126. The van der Waals surface area contributed by atoms with E-state index in [0.717, 1.165) is 31.4 Å². The number of rotatable bonds is 3. The SMILES string of the molecule is C[C@H](NC(=O)C1CCC(N)CC1)c1ccco1. The molecule has 1 aromatic heterocycles. The van der Waals surface area contributed by atoms with Crippen LogP contribution in [-0.4, -0.2) is 11.9 Å². The Morgan fingerprint density at radius 3 is 2.76 bits per heavy atom. The third-order valence-corrected chi connectivity index (χ3v) is 3.47. The summed E-state index contributed by atoms with van der Waals surface area (Å²) in [7, 11) is 0. The predicted octanol–water partition coefficient (Wildman–Crippen LogP) is 1.97. The summed E-state index contributed by atoms with van der Waals surface area (Å²) in [5.74, 6) is 1.04. The molecule has 0 unspecified atom stereocenters. The van der Waals surface area contributed by atoms with E-state index < -0.39 is 0 Å². The standard InChI is InChI=1S/C13H20N2O2/c1-9(12-3-2-8-17-12)15-13(16)10-4-6-11(14)7-5-10/h2-3,8-11H,4-7,14H2,1H3,(H,15,16)/t9-,10?,11?/m0/s1. The van der Waals surface area contributed by atoms with Crippen LogP contribution in [0.3, 0.4) is 0 Å². The molecule has 1 heterocycles. The monoisotopic (exact) mass is 236 g/mol. The van der Waals surface area contributed by atoms with Gasteiger partial charge in [0.1, 0.15) is 5.76 Å². The van der Waals surface area contributed by atoms with Gasteiger partial charge in [-0.3, -0.25) is 4.79 Å². The Balaban J connectivity index is 1.85. The van der Waals surface area contributed by atoms with Gasteiger partial charge in [-0.05, 0) is 44.7 Å². The summed E-state index contributed by atoms with van der Waals surface area (Å²) < 4.78 is 5.27. The molecule has 1 atom stereocenters. The third kappa shape index (κ3) is 3.09. The van der Waals surface area contributed by atoms with Gasteiger partial charge in [0.05, 0.1) is 12.3 Å². The van der Waals surface area contributed by atoms with E-state index in [2.05, 4.69) is 5.32 Å². The number of nitrogens with one attached hydrogen (secondary N) is 1. The average Bonchev–Trinajstić information content (AvgIpc) is 2.83. The molecule has 0 spiro atoms. The van der Waals surface area contributed by atoms with Crippen LogP contribution in [0.4, 0.5) is 0 Å². The van der Waals surface area contributed by atoms with Crippen LogP contribution in [0.15, 0.2) is 22.8 Å². The van der Waals surface area contributed by atoms with E-state index >= 15 is 0 Å². The topological polar surface area (TPSA) is 68.3 Å². The largest absolute Gasteiger partial charge is 0.467 e. The highest BCUT2D eigenvalue weighted by atomic mass is 16.3. The number of hydrogen-bond donors (Lipinski definition) is 2. The van der Waals surface area contributed by atoms with Gasteiger partial charge in [-0.25, -0.2) is 0 Å². The normalized spacial score (nSPS) is 26.5. The van der Waals surface area contributed by atoms with Crippen molar-refractivity contribution in [3.8, 4) is 0 Å². The van der Waals surface area contributed by atoms with Crippen LogP contribution in [-0.2, 0) is 4.79 Å². The van der Waals surface area contributed by atoms with Gasteiger partial charge >= 0.3 is 0 Å². The molecule has 4 nitrogen and oxygen atoms in total. The molecule has 0 radical (unpaired) electrons. The zero-order valence-corrected chi connectivity index (χ0v) is 10.2. The summed E-state index contributed by atoms with van der Waals surface area (Å²) >= 11 is 0. The molecule has 0 bridgehead atoms. The van der Waals surface area contributed by atoms with Gasteiger partial charge in [0.2, 0.25) is 5.91 Å². The number of carbonyl (C=O) groups is 1. The summed E-state index contributed by atoms with van der Waals surface area (Å²) in [4.78, 5) is 12.0. The fourth-order valence-corrected chi connectivity index (χ4v) is 2.32. The Bertz CT molecular complexity index is 354. The van der Waals surface area contributed by atoms with Crippen molar-refractivity contribution in [1.82, 2.24) is 5.32 Å². The summed E-state index contributed by atoms with van der Waals surface area (Å²) in [6.07, 6.45) is 5.33. The first kappa shape index (κ1) is 12.2. The van der Waals surface area contributed by atoms with Crippen molar-refractivity contribution in [1.29, 1.82) is 0 Å². The molecule has 1 amide bonds. The van der Waals surface area contributed by atoms with E-state index in [9.17, 15) is 4.79 Å². The number of hydrogen-bond acceptors (Lipinski definition) is 3. The van der Waals surface area contributed by atoms with E-state index in [-0.39, 0.29) is 23.9 Å². The summed E-state index contributed by atoms with van der Waals surface area (Å²) in [5.41, 5.74) is 5.83. The molecule has 1 fully saturated rings. The van der Waals surface area contributed by atoms with Gasteiger partial charge in [-0.15, -0.1) is 0 Å². The van der Waals surface area contributed by atoms with Crippen molar-refractivity contribution in [2.45, 2.75) is 44.7 Å². The lowest BCUT2D eigenvalue weighted by atomic mass is 9.86. The first-order valence-corrected chi connectivity index (χ1v) is 6.26. The highest BCUT2D eigenvalue weighted by molar-refractivity contribution is 5.79. The highest BCUT2D eigenvalue weighted by Crippen LogP contribution is 2.24. The van der Waals surface area contributed by atoms with Gasteiger partial charge < -0.3 is 15.5 Å². The molecule has 94 valence electrons. The number of amides is 1. The van der Waals surface area contributed by atoms with E-state index in [1.807, 2.05) is 19.1 Å². The van der Waals surface area contributed by atoms with E-state index in [0.29, 0.717) is 0 Å². The molecule has 1 aliphatic rings. The summed E-state index contributed by atoms with van der Waals surface area (Å²) in [5, 5.41) is 2.99.